The number of ketones is 1. The number of nitrogens with zero attached hydrogens (tertiary/aromatic N) is 2. The Morgan fingerprint density at radius 2 is 1.67 bits per heavy atom. The molecule has 0 radical (unpaired) electrons. The summed E-state index contributed by atoms with van der Waals surface area (Å²) < 4.78 is 5.84. The van der Waals surface area contributed by atoms with Crippen LogP contribution in [0, 0.1) is 5.92 Å². The average Bonchev–Trinajstić information content (AvgIpc) is 3.27. The van der Waals surface area contributed by atoms with Crippen molar-refractivity contribution >= 4 is 23.0 Å². The van der Waals surface area contributed by atoms with E-state index in [0.29, 0.717) is 21.9 Å². The molecule has 0 bridgehead atoms. The van der Waals surface area contributed by atoms with Gasteiger partial charge in [-0.05, 0) is 50.1 Å². The number of carbonyl (C=O) groups is 2. The number of hydrogen-bond acceptors (Lipinski definition) is 5. The maximum absolute atomic E-state index is 13.2. The van der Waals surface area contributed by atoms with Gasteiger partial charge in [0.2, 0.25) is 5.78 Å². The predicted molar refractivity (Wildman–Crippen MR) is 119 cm³/mol. The highest BCUT2D eigenvalue weighted by atomic mass is 32.1. The molecule has 1 aromatic heterocycles. The minimum Gasteiger partial charge on any atom is -0.373 e. The minimum absolute atomic E-state index is 0.0254. The average molecular weight is 427 g/mol. The first kappa shape index (κ1) is 21.2. The number of benzene rings is 1. The smallest absolute Gasteiger partial charge is 0.254 e. The van der Waals surface area contributed by atoms with Crippen molar-refractivity contribution in [1.29, 1.82) is 0 Å². The Morgan fingerprint density at radius 1 is 1.00 bits per heavy atom. The number of rotatable bonds is 5. The van der Waals surface area contributed by atoms with Gasteiger partial charge < -0.3 is 9.64 Å². The first-order valence-corrected chi connectivity index (χ1v) is 11.7. The summed E-state index contributed by atoms with van der Waals surface area (Å²) in [6.07, 6.45) is 2.58. The fourth-order valence-corrected chi connectivity index (χ4v) is 5.37. The Balaban J connectivity index is 1.38. The molecular weight excluding hydrogens is 396 g/mol. The van der Waals surface area contributed by atoms with Crippen molar-refractivity contribution in [3.05, 3.63) is 57.8 Å². The molecule has 2 atom stereocenters. The van der Waals surface area contributed by atoms with Gasteiger partial charge in [0, 0.05) is 38.3 Å². The van der Waals surface area contributed by atoms with Gasteiger partial charge >= 0.3 is 0 Å². The molecule has 0 N–H and O–H groups in total. The van der Waals surface area contributed by atoms with E-state index in [-0.39, 0.29) is 23.9 Å². The minimum atomic E-state index is -0.0700. The van der Waals surface area contributed by atoms with Crippen LogP contribution in [0.4, 0.5) is 0 Å². The molecule has 4 rings (SSSR count). The second kappa shape index (κ2) is 9.41. The molecule has 5 nitrogen and oxygen atoms in total. The highest BCUT2D eigenvalue weighted by molar-refractivity contribution is 7.12. The first-order valence-electron chi connectivity index (χ1n) is 10.9. The van der Waals surface area contributed by atoms with Gasteiger partial charge in [0.25, 0.3) is 5.91 Å². The van der Waals surface area contributed by atoms with Gasteiger partial charge in [0.15, 0.2) is 0 Å². The van der Waals surface area contributed by atoms with Crippen LogP contribution in [-0.2, 0) is 4.74 Å². The normalized spacial score (nSPS) is 23.5. The quantitative estimate of drug-likeness (QED) is 0.680. The lowest BCUT2D eigenvalue weighted by Crippen LogP contribution is -2.48. The summed E-state index contributed by atoms with van der Waals surface area (Å²) >= 11 is 1.41. The summed E-state index contributed by atoms with van der Waals surface area (Å²) in [6, 6.07) is 10.9. The van der Waals surface area contributed by atoms with Gasteiger partial charge in [0.1, 0.15) is 0 Å². The third-order valence-electron chi connectivity index (χ3n) is 6.06. The third-order valence-corrected chi connectivity index (χ3v) is 6.93. The van der Waals surface area contributed by atoms with Crippen LogP contribution in [0.25, 0.3) is 0 Å². The van der Waals surface area contributed by atoms with E-state index in [1.807, 2.05) is 34.5 Å². The van der Waals surface area contributed by atoms with Crippen LogP contribution >= 0.6 is 11.3 Å². The van der Waals surface area contributed by atoms with Crippen LogP contribution in [0.1, 0.15) is 52.3 Å². The summed E-state index contributed by atoms with van der Waals surface area (Å²) in [6.45, 7) is 8.83. The van der Waals surface area contributed by atoms with Gasteiger partial charge in [-0.15, -0.1) is 11.3 Å². The lowest BCUT2D eigenvalue weighted by molar-refractivity contribution is -0.0728. The molecule has 1 aromatic carbocycles. The number of carbonyl (C=O) groups excluding carboxylic acids is 2. The van der Waals surface area contributed by atoms with Gasteiger partial charge in [0.05, 0.1) is 22.6 Å². The van der Waals surface area contributed by atoms with Crippen molar-refractivity contribution in [3.8, 4) is 0 Å². The topological polar surface area (TPSA) is 49.9 Å². The molecule has 160 valence electrons. The molecule has 2 aliphatic rings. The predicted octanol–water partition coefficient (Wildman–Crippen LogP) is 3.94. The van der Waals surface area contributed by atoms with Gasteiger partial charge in [-0.25, -0.2) is 0 Å². The SMILES string of the molecule is CC1CN(CC2CCN(C(=O)c3ccccc3C(=O)c3cccs3)CC2)CC(C)O1. The zero-order chi connectivity index (χ0) is 21.1. The molecule has 0 aliphatic carbocycles. The second-order valence-corrected chi connectivity index (χ2v) is 9.51. The summed E-state index contributed by atoms with van der Waals surface area (Å²) in [7, 11) is 0. The number of amides is 1. The molecule has 0 saturated carbocycles. The first-order chi connectivity index (χ1) is 14.5. The number of morpholine rings is 1. The number of piperidine rings is 1. The number of ether oxygens (including phenoxy) is 1. The molecule has 0 spiro atoms. The highest BCUT2D eigenvalue weighted by Crippen LogP contribution is 2.24. The van der Waals surface area contributed by atoms with Crippen molar-refractivity contribution in [1.82, 2.24) is 9.80 Å². The van der Waals surface area contributed by atoms with E-state index in [4.69, 9.17) is 4.74 Å². The molecule has 3 heterocycles. The third kappa shape index (κ3) is 4.82. The van der Waals surface area contributed by atoms with Crippen molar-refractivity contribution in [2.45, 2.75) is 38.9 Å². The zero-order valence-electron chi connectivity index (χ0n) is 17.8. The van der Waals surface area contributed by atoms with Crippen LogP contribution in [0.3, 0.4) is 0 Å². The summed E-state index contributed by atoms with van der Waals surface area (Å²) in [5, 5.41) is 1.89. The second-order valence-electron chi connectivity index (χ2n) is 8.56. The van der Waals surface area contributed by atoms with E-state index < -0.39 is 0 Å². The zero-order valence-corrected chi connectivity index (χ0v) is 18.6. The maximum atomic E-state index is 13.2. The molecule has 6 heteroatoms. The molecule has 30 heavy (non-hydrogen) atoms. The number of likely N-dealkylation sites (tertiary alicyclic amines) is 1. The number of hydrogen-bond donors (Lipinski definition) is 0. The molecule has 2 aromatic rings. The Kier molecular flexibility index (Phi) is 6.66. The van der Waals surface area contributed by atoms with Gasteiger partial charge in [-0.1, -0.05) is 24.3 Å². The monoisotopic (exact) mass is 426 g/mol. The maximum Gasteiger partial charge on any atom is 0.254 e. The highest BCUT2D eigenvalue weighted by Gasteiger charge is 2.29. The molecule has 2 saturated heterocycles. The molecule has 2 fully saturated rings. The van der Waals surface area contributed by atoms with Crippen molar-refractivity contribution in [2.75, 3.05) is 32.7 Å². The Morgan fingerprint density at radius 3 is 2.30 bits per heavy atom. The van der Waals surface area contributed by atoms with E-state index in [1.54, 1.807) is 12.1 Å². The molecule has 2 unspecified atom stereocenters. The van der Waals surface area contributed by atoms with E-state index in [9.17, 15) is 9.59 Å². The summed E-state index contributed by atoms with van der Waals surface area (Å²) in [4.78, 5) is 31.2. The fraction of sp³-hybridized carbons (Fsp3) is 0.500. The van der Waals surface area contributed by atoms with Crippen LogP contribution in [0.2, 0.25) is 0 Å². The van der Waals surface area contributed by atoms with E-state index in [0.717, 1.165) is 45.6 Å². The van der Waals surface area contributed by atoms with E-state index >= 15 is 0 Å². The molecule has 2 aliphatic heterocycles. The summed E-state index contributed by atoms with van der Waals surface area (Å²) in [5.74, 6) is 0.511. The largest absolute Gasteiger partial charge is 0.373 e. The van der Waals surface area contributed by atoms with Crippen LogP contribution in [-0.4, -0.2) is 66.4 Å². The Labute approximate surface area is 182 Å². The standard InChI is InChI=1S/C24H30N2O3S/c1-17-14-25(15-18(2)29-17)16-19-9-11-26(12-10-19)24(28)21-7-4-3-6-20(21)23(27)22-8-5-13-30-22/h3-8,13,17-19H,9-12,14-16H2,1-2H3. The van der Waals surface area contributed by atoms with Gasteiger partial charge in [-0.3, -0.25) is 14.5 Å². The summed E-state index contributed by atoms with van der Waals surface area (Å²) in [5.41, 5.74) is 1.02. The van der Waals surface area contributed by atoms with Gasteiger partial charge in [-0.2, -0.15) is 0 Å². The Hall–Kier alpha value is -2.02. The van der Waals surface area contributed by atoms with Crippen molar-refractivity contribution in [3.63, 3.8) is 0 Å². The molecule has 1 amide bonds. The van der Waals surface area contributed by atoms with Crippen LogP contribution in [0.5, 0.6) is 0 Å². The van der Waals surface area contributed by atoms with Crippen LogP contribution < -0.4 is 0 Å². The number of thiophene rings is 1. The molecular formula is C24H30N2O3S. The lowest BCUT2D eigenvalue weighted by Gasteiger charge is -2.39. The fourth-order valence-electron chi connectivity index (χ4n) is 4.70. The van der Waals surface area contributed by atoms with Crippen molar-refractivity contribution in [2.24, 2.45) is 5.92 Å². The lowest BCUT2D eigenvalue weighted by atomic mass is 9.94. The van der Waals surface area contributed by atoms with Crippen LogP contribution in [0.15, 0.2) is 41.8 Å². The Bertz CT molecular complexity index is 864. The van der Waals surface area contributed by atoms with E-state index in [2.05, 4.69) is 18.7 Å². The van der Waals surface area contributed by atoms with Crippen molar-refractivity contribution < 1.29 is 14.3 Å². The van der Waals surface area contributed by atoms with E-state index in [1.165, 1.54) is 11.3 Å².